The van der Waals surface area contributed by atoms with Gasteiger partial charge in [0, 0.05) is 70.0 Å². The average molecular weight is 536 g/mol. The van der Waals surface area contributed by atoms with Crippen molar-refractivity contribution in [2.45, 2.75) is 32.4 Å². The Morgan fingerprint density at radius 1 is 1.13 bits per heavy atom. The summed E-state index contributed by atoms with van der Waals surface area (Å²) in [6.07, 6.45) is -1.83. The number of halogens is 3. The van der Waals surface area contributed by atoms with Crippen molar-refractivity contribution >= 4 is 29.0 Å². The maximum Gasteiger partial charge on any atom is 0.421 e. The van der Waals surface area contributed by atoms with Crippen LogP contribution in [-0.4, -0.2) is 91.7 Å². The first kappa shape index (κ1) is 27.9. The number of aromatic nitrogens is 2. The van der Waals surface area contributed by atoms with E-state index in [0.29, 0.717) is 26.1 Å². The number of aryl methyl sites for hydroxylation is 1. The van der Waals surface area contributed by atoms with E-state index in [-0.39, 0.29) is 30.8 Å². The summed E-state index contributed by atoms with van der Waals surface area (Å²) in [6.45, 7) is 7.76. The number of nitrogens with one attached hydrogen (secondary N) is 2. The minimum Gasteiger partial charge on any atom is -0.372 e. The van der Waals surface area contributed by atoms with Crippen LogP contribution in [0.25, 0.3) is 0 Å². The third kappa shape index (κ3) is 7.25. The van der Waals surface area contributed by atoms with Crippen molar-refractivity contribution in [3.63, 3.8) is 0 Å². The van der Waals surface area contributed by atoms with Crippen molar-refractivity contribution < 1.29 is 22.7 Å². The van der Waals surface area contributed by atoms with Gasteiger partial charge in [0.15, 0.2) is 0 Å². The van der Waals surface area contributed by atoms with E-state index in [1.165, 1.54) is 0 Å². The third-order valence-electron chi connectivity index (χ3n) is 6.87. The van der Waals surface area contributed by atoms with Crippen LogP contribution in [0, 0.1) is 0 Å². The van der Waals surface area contributed by atoms with Gasteiger partial charge in [-0.15, -0.1) is 0 Å². The van der Waals surface area contributed by atoms with Crippen LogP contribution in [0.2, 0.25) is 0 Å². The van der Waals surface area contributed by atoms with Gasteiger partial charge < -0.3 is 30.1 Å². The number of carbonyl (C=O) groups is 1. The lowest BCUT2D eigenvalue weighted by Gasteiger charge is -2.34. The van der Waals surface area contributed by atoms with E-state index >= 15 is 0 Å². The van der Waals surface area contributed by atoms with Gasteiger partial charge in [0.05, 0.1) is 0 Å². The fourth-order valence-corrected chi connectivity index (χ4v) is 4.61. The largest absolute Gasteiger partial charge is 0.421 e. The molecule has 0 aliphatic carbocycles. The van der Waals surface area contributed by atoms with Crippen LogP contribution in [0.4, 0.5) is 36.3 Å². The van der Waals surface area contributed by atoms with E-state index in [0.717, 1.165) is 62.2 Å². The first-order chi connectivity index (χ1) is 18.2. The van der Waals surface area contributed by atoms with Crippen molar-refractivity contribution in [3.8, 4) is 0 Å². The van der Waals surface area contributed by atoms with Gasteiger partial charge in [-0.2, -0.15) is 18.2 Å². The monoisotopic (exact) mass is 535 g/mol. The molecular formula is C26H36F3N7O2. The van der Waals surface area contributed by atoms with Crippen LogP contribution in [0.15, 0.2) is 24.4 Å². The number of alkyl halides is 3. The molecule has 208 valence electrons. The second-order valence-electron chi connectivity index (χ2n) is 9.63. The van der Waals surface area contributed by atoms with Gasteiger partial charge in [-0.25, -0.2) is 4.98 Å². The van der Waals surface area contributed by atoms with E-state index in [9.17, 15) is 18.0 Å². The normalized spacial score (nSPS) is 17.4. The number of likely N-dealkylation sites (N-methyl/N-ethyl adjacent to an activating group) is 1. The Hall–Kier alpha value is -3.12. The molecule has 0 spiro atoms. The minimum atomic E-state index is -4.60. The van der Waals surface area contributed by atoms with Gasteiger partial charge in [-0.1, -0.05) is 6.92 Å². The highest BCUT2D eigenvalue weighted by Crippen LogP contribution is 2.34. The quantitative estimate of drug-likeness (QED) is 0.472. The molecule has 0 saturated carbocycles. The summed E-state index contributed by atoms with van der Waals surface area (Å²) in [5.41, 5.74) is 2.00. The molecule has 9 nitrogen and oxygen atoms in total. The fourth-order valence-electron chi connectivity index (χ4n) is 4.61. The second kappa shape index (κ2) is 12.6. The van der Waals surface area contributed by atoms with Crippen molar-refractivity contribution in [1.82, 2.24) is 19.8 Å². The SMILES string of the molecule is CCc1cc(N2CCN(C)CC2)ccc1Nc1ncc(C(F)(F)F)c(NCCCN2CCCOCC2=O)n1. The van der Waals surface area contributed by atoms with Crippen LogP contribution in [-0.2, 0) is 22.1 Å². The summed E-state index contributed by atoms with van der Waals surface area (Å²) in [7, 11) is 2.11. The van der Waals surface area contributed by atoms with Gasteiger partial charge in [-0.3, -0.25) is 4.79 Å². The van der Waals surface area contributed by atoms with E-state index in [1.54, 1.807) is 4.90 Å². The number of nitrogens with zero attached hydrogens (tertiary/aromatic N) is 5. The minimum absolute atomic E-state index is 0.0443. The molecule has 0 radical (unpaired) electrons. The zero-order chi connectivity index (χ0) is 27.1. The Morgan fingerprint density at radius 3 is 2.66 bits per heavy atom. The summed E-state index contributed by atoms with van der Waals surface area (Å²) >= 11 is 0. The molecule has 1 aromatic carbocycles. The predicted octanol–water partition coefficient (Wildman–Crippen LogP) is 3.60. The standard InChI is InChI=1S/C26H36F3N7O2/c1-3-19-16-20(35-13-11-34(2)12-14-35)6-7-22(19)32-25-31-17-21(26(27,28)29)24(33-25)30-8-4-9-36-10-5-15-38-18-23(36)37/h6-7,16-17H,3-5,8-15,18H2,1-2H3,(H2,30,31,32,33). The van der Waals surface area contributed by atoms with Crippen molar-refractivity contribution in [1.29, 1.82) is 0 Å². The van der Waals surface area contributed by atoms with Crippen molar-refractivity contribution in [3.05, 3.63) is 35.5 Å². The van der Waals surface area contributed by atoms with E-state index < -0.39 is 11.7 Å². The number of rotatable bonds is 9. The zero-order valence-corrected chi connectivity index (χ0v) is 22.0. The Balaban J connectivity index is 1.44. The number of anilines is 4. The molecule has 3 heterocycles. The molecule has 2 aromatic rings. The number of hydrogen-bond donors (Lipinski definition) is 2. The lowest BCUT2D eigenvalue weighted by atomic mass is 10.1. The molecule has 38 heavy (non-hydrogen) atoms. The van der Waals surface area contributed by atoms with Gasteiger partial charge in [0.1, 0.15) is 18.0 Å². The molecule has 1 aromatic heterocycles. The summed E-state index contributed by atoms with van der Waals surface area (Å²) in [4.78, 5) is 26.5. The number of ether oxygens (including phenoxy) is 1. The van der Waals surface area contributed by atoms with E-state index in [2.05, 4.69) is 43.5 Å². The Bertz CT molecular complexity index is 1090. The van der Waals surface area contributed by atoms with E-state index in [4.69, 9.17) is 4.74 Å². The lowest BCUT2D eigenvalue weighted by molar-refractivity contribution is -0.137. The number of piperazine rings is 1. The highest BCUT2D eigenvalue weighted by Gasteiger charge is 2.35. The summed E-state index contributed by atoms with van der Waals surface area (Å²) in [5, 5.41) is 5.92. The molecule has 2 saturated heterocycles. The van der Waals surface area contributed by atoms with Gasteiger partial charge >= 0.3 is 6.18 Å². The third-order valence-corrected chi connectivity index (χ3v) is 6.87. The molecule has 0 bridgehead atoms. The number of benzene rings is 1. The van der Waals surface area contributed by atoms with Crippen LogP contribution in [0.5, 0.6) is 0 Å². The topological polar surface area (TPSA) is 85.9 Å². The Kier molecular flexibility index (Phi) is 9.26. The van der Waals surface area contributed by atoms with Crippen LogP contribution >= 0.6 is 0 Å². The first-order valence-electron chi connectivity index (χ1n) is 13.1. The van der Waals surface area contributed by atoms with Crippen LogP contribution in [0.3, 0.4) is 0 Å². The van der Waals surface area contributed by atoms with E-state index in [1.807, 2.05) is 19.1 Å². The molecule has 0 atom stereocenters. The molecule has 0 unspecified atom stereocenters. The van der Waals surface area contributed by atoms with Gasteiger partial charge in [0.25, 0.3) is 0 Å². The van der Waals surface area contributed by atoms with Crippen LogP contribution in [0.1, 0.15) is 30.9 Å². The number of hydrogen-bond acceptors (Lipinski definition) is 8. The molecule has 4 rings (SSSR count). The molecule has 1 amide bonds. The van der Waals surface area contributed by atoms with Crippen molar-refractivity contribution in [2.24, 2.45) is 0 Å². The average Bonchev–Trinajstić information content (AvgIpc) is 3.10. The smallest absolute Gasteiger partial charge is 0.372 e. The lowest BCUT2D eigenvalue weighted by Crippen LogP contribution is -2.44. The van der Waals surface area contributed by atoms with Crippen LogP contribution < -0.4 is 15.5 Å². The Morgan fingerprint density at radius 2 is 1.92 bits per heavy atom. The summed E-state index contributed by atoms with van der Waals surface area (Å²) < 4.78 is 46.2. The first-order valence-corrected chi connectivity index (χ1v) is 13.1. The fraction of sp³-hybridized carbons (Fsp3) is 0.577. The summed E-state index contributed by atoms with van der Waals surface area (Å²) in [6, 6.07) is 6.07. The molecular weight excluding hydrogens is 499 g/mol. The summed E-state index contributed by atoms with van der Waals surface area (Å²) in [5.74, 6) is -0.299. The zero-order valence-electron chi connectivity index (χ0n) is 22.0. The van der Waals surface area contributed by atoms with Gasteiger partial charge in [-0.05, 0) is 50.1 Å². The highest BCUT2D eigenvalue weighted by atomic mass is 19.4. The Labute approximate surface area is 221 Å². The molecule has 12 heteroatoms. The van der Waals surface area contributed by atoms with Crippen molar-refractivity contribution in [2.75, 3.05) is 81.6 Å². The maximum atomic E-state index is 13.7. The number of amides is 1. The number of carbonyl (C=O) groups excluding carboxylic acids is 1. The van der Waals surface area contributed by atoms with Gasteiger partial charge in [0.2, 0.25) is 11.9 Å². The second-order valence-corrected chi connectivity index (χ2v) is 9.63. The molecule has 2 fully saturated rings. The maximum absolute atomic E-state index is 13.7. The highest BCUT2D eigenvalue weighted by molar-refractivity contribution is 5.77. The predicted molar refractivity (Wildman–Crippen MR) is 141 cm³/mol. The molecule has 2 aliphatic heterocycles. The molecule has 2 aliphatic rings. The molecule has 2 N–H and O–H groups in total.